The van der Waals surface area contributed by atoms with E-state index in [2.05, 4.69) is 74.6 Å². The minimum absolute atomic E-state index is 0.209. The van der Waals surface area contributed by atoms with Crippen LogP contribution in [-0.2, 0) is 28.5 Å². The van der Waals surface area contributed by atoms with E-state index in [-0.39, 0.29) is 26.1 Å². The summed E-state index contributed by atoms with van der Waals surface area (Å²) in [5.41, 5.74) is 0. The highest BCUT2D eigenvalue weighted by Gasteiger charge is 2.44. The van der Waals surface area contributed by atoms with E-state index in [4.69, 9.17) is 18.9 Å². The van der Waals surface area contributed by atoms with Gasteiger partial charge < -0.3 is 39.4 Å². The number of rotatable bonds is 34. The van der Waals surface area contributed by atoms with Gasteiger partial charge in [-0.15, -0.1) is 0 Å². The van der Waals surface area contributed by atoms with Gasteiger partial charge in [-0.3, -0.25) is 9.59 Å². The van der Waals surface area contributed by atoms with Gasteiger partial charge in [0.1, 0.15) is 31.0 Å². The van der Waals surface area contributed by atoms with E-state index in [1.807, 2.05) is 0 Å². The Kier molecular flexibility index (Phi) is 32.8. The summed E-state index contributed by atoms with van der Waals surface area (Å²) in [4.78, 5) is 25.2. The molecular weight excluding hydrogens is 700 g/mol. The van der Waals surface area contributed by atoms with Crippen LogP contribution in [0.3, 0.4) is 0 Å². The molecule has 1 aliphatic rings. The average molecular weight is 777 g/mol. The zero-order valence-corrected chi connectivity index (χ0v) is 34.2. The summed E-state index contributed by atoms with van der Waals surface area (Å²) in [6.45, 7) is 3.29. The minimum atomic E-state index is -1.60. The molecule has 0 aromatic carbocycles. The van der Waals surface area contributed by atoms with Crippen molar-refractivity contribution in [3.63, 3.8) is 0 Å². The van der Waals surface area contributed by atoms with E-state index in [0.717, 1.165) is 77.0 Å². The zero-order chi connectivity index (χ0) is 40.2. The Morgan fingerprint density at radius 2 is 1.04 bits per heavy atom. The van der Waals surface area contributed by atoms with Crippen LogP contribution in [0.15, 0.2) is 60.8 Å². The summed E-state index contributed by atoms with van der Waals surface area (Å²) in [7, 11) is 0. The Morgan fingerprint density at radius 1 is 0.564 bits per heavy atom. The zero-order valence-electron chi connectivity index (χ0n) is 34.2. The second-order valence-electron chi connectivity index (χ2n) is 14.4. The summed E-state index contributed by atoms with van der Waals surface area (Å²) >= 11 is 0. The van der Waals surface area contributed by atoms with Crippen molar-refractivity contribution in [1.29, 1.82) is 0 Å². The van der Waals surface area contributed by atoms with Crippen molar-refractivity contribution in [2.75, 3.05) is 19.8 Å². The van der Waals surface area contributed by atoms with Crippen molar-refractivity contribution in [1.82, 2.24) is 0 Å². The molecular formula is C45H76O10. The predicted octanol–water partition coefficient (Wildman–Crippen LogP) is 8.66. The largest absolute Gasteiger partial charge is 0.462 e. The van der Waals surface area contributed by atoms with Gasteiger partial charge in [-0.25, -0.2) is 0 Å². The van der Waals surface area contributed by atoms with Crippen LogP contribution in [0.5, 0.6) is 0 Å². The van der Waals surface area contributed by atoms with E-state index in [0.29, 0.717) is 12.8 Å². The second-order valence-corrected chi connectivity index (χ2v) is 14.4. The molecule has 0 aromatic heterocycles. The van der Waals surface area contributed by atoms with Crippen molar-refractivity contribution in [2.24, 2.45) is 0 Å². The van der Waals surface area contributed by atoms with E-state index in [1.54, 1.807) is 0 Å². The molecule has 0 radical (unpaired) electrons. The van der Waals surface area contributed by atoms with Crippen LogP contribution in [-0.4, -0.2) is 89.0 Å². The molecule has 0 aliphatic carbocycles. The summed E-state index contributed by atoms with van der Waals surface area (Å²) in [5.74, 6) is -0.860. The number of esters is 2. The topological polar surface area (TPSA) is 152 Å². The number of allylic oxidation sites excluding steroid dienone is 10. The van der Waals surface area contributed by atoms with E-state index in [9.17, 15) is 30.0 Å². The normalized spacial score (nSPS) is 21.2. The van der Waals surface area contributed by atoms with Crippen LogP contribution in [0.4, 0.5) is 0 Å². The van der Waals surface area contributed by atoms with E-state index in [1.165, 1.54) is 38.5 Å². The fourth-order valence-corrected chi connectivity index (χ4v) is 5.92. The molecule has 0 aromatic rings. The monoisotopic (exact) mass is 777 g/mol. The first kappa shape index (κ1) is 50.4. The Labute approximate surface area is 332 Å². The van der Waals surface area contributed by atoms with Crippen LogP contribution in [0.1, 0.15) is 155 Å². The highest BCUT2D eigenvalue weighted by atomic mass is 16.7. The van der Waals surface area contributed by atoms with Gasteiger partial charge in [0.15, 0.2) is 12.4 Å². The third-order valence-electron chi connectivity index (χ3n) is 9.38. The summed E-state index contributed by atoms with van der Waals surface area (Å²) in [6.07, 6.45) is 35.1. The Balaban J connectivity index is 2.37. The van der Waals surface area contributed by atoms with Gasteiger partial charge >= 0.3 is 11.9 Å². The van der Waals surface area contributed by atoms with Crippen molar-refractivity contribution < 1.29 is 49.0 Å². The number of aliphatic hydroxyl groups is 4. The highest BCUT2D eigenvalue weighted by molar-refractivity contribution is 5.70. The quantitative estimate of drug-likeness (QED) is 0.0284. The molecule has 0 amide bonds. The lowest BCUT2D eigenvalue weighted by Gasteiger charge is -2.39. The van der Waals surface area contributed by atoms with Crippen molar-refractivity contribution >= 4 is 11.9 Å². The molecule has 1 fully saturated rings. The molecule has 316 valence electrons. The van der Waals surface area contributed by atoms with Gasteiger partial charge in [0.25, 0.3) is 0 Å². The second kappa shape index (κ2) is 35.8. The molecule has 1 saturated heterocycles. The van der Waals surface area contributed by atoms with Gasteiger partial charge in [-0.1, -0.05) is 126 Å². The third kappa shape index (κ3) is 27.6. The number of ether oxygens (including phenoxy) is 4. The van der Waals surface area contributed by atoms with Crippen LogP contribution in [0.25, 0.3) is 0 Å². The molecule has 1 heterocycles. The number of hydrogen-bond donors (Lipinski definition) is 4. The summed E-state index contributed by atoms with van der Waals surface area (Å²) in [6, 6.07) is 0. The van der Waals surface area contributed by atoms with Gasteiger partial charge in [-0.05, 0) is 77.0 Å². The molecule has 10 heteroatoms. The lowest BCUT2D eigenvalue weighted by molar-refractivity contribution is -0.305. The maximum absolute atomic E-state index is 12.7. The molecule has 55 heavy (non-hydrogen) atoms. The first-order valence-electron chi connectivity index (χ1n) is 21.4. The first-order chi connectivity index (χ1) is 26.8. The molecule has 0 spiro atoms. The van der Waals surface area contributed by atoms with Crippen molar-refractivity contribution in [3.8, 4) is 0 Å². The number of carbonyl (C=O) groups is 2. The Bertz CT molecular complexity index is 1080. The predicted molar refractivity (Wildman–Crippen MR) is 219 cm³/mol. The van der Waals surface area contributed by atoms with Crippen LogP contribution in [0, 0.1) is 0 Å². The maximum Gasteiger partial charge on any atom is 0.306 e. The van der Waals surface area contributed by atoms with Crippen molar-refractivity contribution in [3.05, 3.63) is 60.8 Å². The highest BCUT2D eigenvalue weighted by Crippen LogP contribution is 2.22. The van der Waals surface area contributed by atoms with Crippen LogP contribution < -0.4 is 0 Å². The first-order valence-corrected chi connectivity index (χ1v) is 21.4. The molecule has 6 atom stereocenters. The Hall–Kier alpha value is -2.60. The fraction of sp³-hybridized carbons (Fsp3) is 0.733. The molecule has 10 nitrogen and oxygen atoms in total. The maximum atomic E-state index is 12.7. The molecule has 4 N–H and O–H groups in total. The van der Waals surface area contributed by atoms with Crippen molar-refractivity contribution in [2.45, 2.75) is 192 Å². The van der Waals surface area contributed by atoms with Crippen LogP contribution in [0.2, 0.25) is 0 Å². The lowest BCUT2D eigenvalue weighted by Crippen LogP contribution is -2.59. The number of unbranched alkanes of at least 4 members (excludes halogenated alkanes) is 13. The fourth-order valence-electron chi connectivity index (χ4n) is 5.92. The van der Waals surface area contributed by atoms with Gasteiger partial charge in [-0.2, -0.15) is 0 Å². The summed E-state index contributed by atoms with van der Waals surface area (Å²) < 4.78 is 22.1. The average Bonchev–Trinajstić information content (AvgIpc) is 3.18. The third-order valence-corrected chi connectivity index (χ3v) is 9.38. The minimum Gasteiger partial charge on any atom is -0.462 e. The molecule has 1 rings (SSSR count). The van der Waals surface area contributed by atoms with Gasteiger partial charge in [0.2, 0.25) is 0 Å². The number of aliphatic hydroxyl groups excluding tert-OH is 4. The van der Waals surface area contributed by atoms with Gasteiger partial charge in [0, 0.05) is 12.8 Å². The standard InChI is InChI=1S/C45H76O10/c1-3-5-7-9-11-13-15-16-17-18-19-20-21-22-24-25-27-29-31-33-40(47)52-36-38(37-53-45-44(51)43(50)42(49)39(35-46)55-45)54-41(48)34-32-30-28-26-23-14-12-10-8-6-4-2/h10-13,16-17,19-20,22,24,38-39,42-46,49-51H,3-9,14-15,18,21,23,25-37H2,1-2H3/b12-10+,13-11+,17-16+,20-19+,24-22+/t38-,39-,42+,43?,44?,45-/m0/s1. The summed E-state index contributed by atoms with van der Waals surface area (Å²) in [5, 5.41) is 40.0. The van der Waals surface area contributed by atoms with E-state index >= 15 is 0 Å². The molecule has 0 bridgehead atoms. The molecule has 2 unspecified atom stereocenters. The molecule has 1 aliphatic heterocycles. The van der Waals surface area contributed by atoms with E-state index < -0.39 is 55.4 Å². The number of hydrogen-bond acceptors (Lipinski definition) is 10. The Morgan fingerprint density at radius 3 is 1.62 bits per heavy atom. The lowest BCUT2D eigenvalue weighted by atomic mass is 9.99. The van der Waals surface area contributed by atoms with Crippen LogP contribution >= 0.6 is 0 Å². The SMILES string of the molecule is CCCC/C=C/CCCCCCCC(=O)O[C@@H](COC(=O)CCCCC/C=C/C/C=C/C/C=C/C/C=C/CCCCC)CO[C@H]1O[C@@H](CO)[C@@H](O)C(O)C1O. The molecule has 0 saturated carbocycles. The number of carbonyl (C=O) groups excluding carboxylic acids is 2. The smallest absolute Gasteiger partial charge is 0.306 e. The van der Waals surface area contributed by atoms with Gasteiger partial charge in [0.05, 0.1) is 13.2 Å².